The van der Waals surface area contributed by atoms with Gasteiger partial charge in [0.2, 0.25) is 17.7 Å². The quantitative estimate of drug-likeness (QED) is 0.365. The molecule has 3 amide bonds. The van der Waals surface area contributed by atoms with Crippen LogP contribution in [0.2, 0.25) is 0 Å². The average molecular weight is 568 g/mol. The lowest BCUT2D eigenvalue weighted by molar-refractivity contribution is -0.205. The number of nitrogens with one attached hydrogen (secondary N) is 1. The van der Waals surface area contributed by atoms with Crippen molar-refractivity contribution in [1.29, 1.82) is 0 Å². The summed E-state index contributed by atoms with van der Waals surface area (Å²) in [5.74, 6) is -0.362. The van der Waals surface area contributed by atoms with E-state index in [0.29, 0.717) is 19.5 Å². The maximum atomic E-state index is 14.1. The summed E-state index contributed by atoms with van der Waals surface area (Å²) >= 11 is 0. The summed E-state index contributed by atoms with van der Waals surface area (Å²) in [6.45, 7) is 4.68. The molecule has 2 heterocycles. The molecule has 0 unspecified atom stereocenters. The number of carbonyl (C=O) groups is 3. The summed E-state index contributed by atoms with van der Waals surface area (Å²) in [6.07, 6.45) is 2.11. The van der Waals surface area contributed by atoms with E-state index in [0.717, 1.165) is 22.4 Å². The Morgan fingerprint density at radius 1 is 1.00 bits per heavy atom. The van der Waals surface area contributed by atoms with E-state index < -0.39 is 12.2 Å². The zero-order chi connectivity index (χ0) is 29.6. The monoisotopic (exact) mass is 567 g/mol. The first-order valence-electron chi connectivity index (χ1n) is 14.2. The molecule has 0 aliphatic carbocycles. The maximum Gasteiger partial charge on any atom is 0.246 e. The van der Waals surface area contributed by atoms with Crippen LogP contribution in [0.1, 0.15) is 23.1 Å². The Balaban J connectivity index is 1.49. The summed E-state index contributed by atoms with van der Waals surface area (Å²) in [5, 5.41) is 16.4. The van der Waals surface area contributed by atoms with Crippen molar-refractivity contribution in [3.63, 3.8) is 0 Å². The van der Waals surface area contributed by atoms with Gasteiger partial charge in [0.1, 0.15) is 18.0 Å². The first kappa shape index (κ1) is 28.9. The van der Waals surface area contributed by atoms with Crippen molar-refractivity contribution in [3.8, 4) is 5.75 Å². The number of aryl methyl sites for hydroxylation is 1. The first-order valence-corrected chi connectivity index (χ1v) is 14.2. The van der Waals surface area contributed by atoms with Crippen LogP contribution in [0, 0.1) is 0 Å². The van der Waals surface area contributed by atoms with Gasteiger partial charge in [-0.25, -0.2) is 10.0 Å². The third-order valence-corrected chi connectivity index (χ3v) is 7.85. The Bertz CT molecular complexity index is 1430. The zero-order valence-corrected chi connectivity index (χ0v) is 23.9. The lowest BCUT2D eigenvalue weighted by atomic mass is 9.98. The van der Waals surface area contributed by atoms with E-state index in [4.69, 9.17) is 0 Å². The van der Waals surface area contributed by atoms with Crippen LogP contribution in [0.4, 0.5) is 5.69 Å². The third-order valence-electron chi connectivity index (χ3n) is 7.85. The van der Waals surface area contributed by atoms with Crippen LogP contribution < -0.4 is 5.32 Å². The molecule has 0 aromatic heterocycles. The smallest absolute Gasteiger partial charge is 0.246 e. The Morgan fingerprint density at radius 3 is 2.45 bits per heavy atom. The largest absolute Gasteiger partial charge is 0.508 e. The fourth-order valence-corrected chi connectivity index (χ4v) is 5.82. The highest BCUT2D eigenvalue weighted by Crippen LogP contribution is 2.30. The second-order valence-electron chi connectivity index (χ2n) is 10.7. The predicted molar refractivity (Wildman–Crippen MR) is 161 cm³/mol. The number of fused-ring (bicyclic) bond motifs is 1. The molecule has 2 fully saturated rings. The standard InChI is InChI=1S/C33H37N5O4/c1-3-18-36-23-32(41)37-29(20-25-12-15-28(39)16-13-25)33(42)35(21-26-10-7-11-27(19-26)34-2)22-30(37)38(36)31(40)17-14-24-8-5-4-6-9-24/h3-13,15-16,19,29-30,34,39H,1,14,17-18,20-23H2,2H3/t29-,30-/m0/s1. The summed E-state index contributed by atoms with van der Waals surface area (Å²) in [5.41, 5.74) is 3.74. The lowest BCUT2D eigenvalue weighted by Crippen LogP contribution is -2.75. The fraction of sp³-hybridized carbons (Fsp3) is 0.303. The van der Waals surface area contributed by atoms with Gasteiger partial charge in [0, 0.05) is 38.7 Å². The van der Waals surface area contributed by atoms with Gasteiger partial charge in [-0.2, -0.15) is 0 Å². The van der Waals surface area contributed by atoms with Crippen molar-refractivity contribution >= 4 is 23.4 Å². The number of hydrazine groups is 1. The van der Waals surface area contributed by atoms with Crippen LogP contribution >= 0.6 is 0 Å². The molecule has 2 atom stereocenters. The number of phenolic OH excluding ortho intramolecular Hbond substituents is 1. The minimum atomic E-state index is -0.802. The molecule has 9 nitrogen and oxygen atoms in total. The van der Waals surface area contributed by atoms with Crippen molar-refractivity contribution < 1.29 is 19.5 Å². The molecule has 0 bridgehead atoms. The highest BCUT2D eigenvalue weighted by molar-refractivity contribution is 5.92. The van der Waals surface area contributed by atoms with Gasteiger partial charge in [-0.1, -0.05) is 60.7 Å². The summed E-state index contributed by atoms with van der Waals surface area (Å²) in [7, 11) is 1.84. The van der Waals surface area contributed by atoms with Crippen LogP contribution in [0.15, 0.2) is 91.5 Å². The molecule has 9 heteroatoms. The van der Waals surface area contributed by atoms with E-state index in [1.807, 2.05) is 61.6 Å². The van der Waals surface area contributed by atoms with E-state index in [2.05, 4.69) is 11.9 Å². The van der Waals surface area contributed by atoms with Crippen molar-refractivity contribution in [2.75, 3.05) is 32.0 Å². The molecule has 3 aromatic carbocycles. The van der Waals surface area contributed by atoms with E-state index in [9.17, 15) is 19.5 Å². The Hall–Kier alpha value is -4.63. The van der Waals surface area contributed by atoms with Crippen LogP contribution in [-0.2, 0) is 33.8 Å². The van der Waals surface area contributed by atoms with E-state index in [1.165, 1.54) is 0 Å². The predicted octanol–water partition coefficient (Wildman–Crippen LogP) is 3.42. The molecule has 42 heavy (non-hydrogen) atoms. The number of benzene rings is 3. The highest BCUT2D eigenvalue weighted by Gasteiger charge is 2.50. The molecule has 3 aromatic rings. The second-order valence-corrected chi connectivity index (χ2v) is 10.7. The first-order chi connectivity index (χ1) is 20.4. The van der Waals surface area contributed by atoms with Crippen molar-refractivity contribution in [1.82, 2.24) is 19.8 Å². The van der Waals surface area contributed by atoms with Crippen LogP contribution in [0.3, 0.4) is 0 Å². The van der Waals surface area contributed by atoms with Gasteiger partial charge >= 0.3 is 0 Å². The number of rotatable bonds is 10. The summed E-state index contributed by atoms with van der Waals surface area (Å²) < 4.78 is 0. The topological polar surface area (TPSA) is 96.4 Å². The van der Waals surface area contributed by atoms with Gasteiger partial charge in [0.05, 0.1) is 13.1 Å². The molecule has 0 radical (unpaired) electrons. The normalized spacial score (nSPS) is 19.0. The van der Waals surface area contributed by atoms with Gasteiger partial charge in [-0.3, -0.25) is 14.4 Å². The number of hydrogen-bond donors (Lipinski definition) is 2. The van der Waals surface area contributed by atoms with Crippen molar-refractivity contribution in [3.05, 3.63) is 108 Å². The van der Waals surface area contributed by atoms with Gasteiger partial charge in [0.25, 0.3) is 0 Å². The number of amides is 3. The fourth-order valence-electron chi connectivity index (χ4n) is 5.82. The van der Waals surface area contributed by atoms with Gasteiger partial charge in [-0.15, -0.1) is 6.58 Å². The van der Waals surface area contributed by atoms with E-state index in [1.54, 1.807) is 50.2 Å². The number of hydrogen-bond acceptors (Lipinski definition) is 6. The lowest BCUT2D eigenvalue weighted by Gasteiger charge is -2.55. The maximum absolute atomic E-state index is 14.1. The Morgan fingerprint density at radius 2 is 1.74 bits per heavy atom. The number of carbonyl (C=O) groups excluding carboxylic acids is 3. The van der Waals surface area contributed by atoms with Gasteiger partial charge < -0.3 is 20.2 Å². The molecule has 0 spiro atoms. The molecule has 218 valence electrons. The van der Waals surface area contributed by atoms with Crippen LogP contribution in [0.25, 0.3) is 0 Å². The van der Waals surface area contributed by atoms with Crippen molar-refractivity contribution in [2.45, 2.75) is 38.0 Å². The number of phenols is 1. The van der Waals surface area contributed by atoms with E-state index >= 15 is 0 Å². The highest BCUT2D eigenvalue weighted by atomic mass is 16.3. The molecule has 2 aliphatic rings. The number of nitrogens with zero attached hydrogens (tertiary/aromatic N) is 4. The van der Waals surface area contributed by atoms with Gasteiger partial charge in [-0.05, 0) is 47.4 Å². The molecular formula is C33H37N5O4. The minimum absolute atomic E-state index is 0.0246. The molecule has 2 N–H and O–H groups in total. The average Bonchev–Trinajstić information content (AvgIpc) is 3.00. The molecule has 2 saturated heterocycles. The third kappa shape index (κ3) is 6.31. The number of anilines is 1. The summed E-state index contributed by atoms with van der Waals surface area (Å²) in [4.78, 5) is 45.1. The van der Waals surface area contributed by atoms with Crippen LogP contribution in [0.5, 0.6) is 5.75 Å². The molecular weight excluding hydrogens is 530 g/mol. The number of piperazine rings is 1. The van der Waals surface area contributed by atoms with Crippen LogP contribution in [-0.4, -0.2) is 81.5 Å². The van der Waals surface area contributed by atoms with E-state index in [-0.39, 0.29) is 49.4 Å². The molecule has 2 aliphatic heterocycles. The molecule has 5 rings (SSSR count). The van der Waals surface area contributed by atoms with Gasteiger partial charge in [0.15, 0.2) is 0 Å². The summed E-state index contributed by atoms with van der Waals surface area (Å²) in [6, 6.07) is 23.5. The SMILES string of the molecule is C=CCN1CC(=O)N2[C@@H](Cc3ccc(O)cc3)C(=O)N(Cc3cccc(NC)c3)C[C@@H]2N1C(=O)CCc1ccccc1. The minimum Gasteiger partial charge on any atom is -0.508 e. The van der Waals surface area contributed by atoms with Crippen molar-refractivity contribution in [2.24, 2.45) is 0 Å². The Kier molecular flexibility index (Phi) is 8.88. The molecule has 0 saturated carbocycles. The Labute approximate surface area is 246 Å². The number of aromatic hydroxyl groups is 1. The second kappa shape index (κ2) is 12.9. The zero-order valence-electron chi connectivity index (χ0n) is 23.9.